The average molecular weight is 357 g/mol. The van der Waals surface area contributed by atoms with E-state index in [2.05, 4.69) is 21.0 Å². The van der Waals surface area contributed by atoms with Gasteiger partial charge < -0.3 is 0 Å². The first-order valence-electron chi connectivity index (χ1n) is 6.40. The molecule has 0 N–H and O–H groups in total. The topological polar surface area (TPSA) is 66.8 Å². The number of hydrogen-bond acceptors (Lipinski definition) is 4. The van der Waals surface area contributed by atoms with E-state index < -0.39 is 17.5 Å². The molecule has 5 nitrogen and oxygen atoms in total. The van der Waals surface area contributed by atoms with Crippen molar-refractivity contribution < 1.29 is 14.4 Å². The van der Waals surface area contributed by atoms with E-state index in [4.69, 9.17) is 0 Å². The predicted molar refractivity (Wildman–Crippen MR) is 84.8 cm³/mol. The molecule has 0 saturated carbocycles. The highest BCUT2D eigenvalue weighted by molar-refractivity contribution is 9.10. The number of ketones is 2. The number of Topliss-reactive ketones (excluding diaryl/α,β-unsaturated/α-hetero) is 2. The molecule has 0 aliphatic carbocycles. The lowest BCUT2D eigenvalue weighted by molar-refractivity contribution is -0.131. The number of nitrogens with zero attached hydrogens (tertiary/aromatic N) is 2. The molecule has 0 saturated heterocycles. The Morgan fingerprint density at radius 2 is 1.59 bits per heavy atom. The fourth-order valence-corrected chi connectivity index (χ4v) is 2.28. The molecule has 0 atom stereocenters. The molecule has 1 amide bonds. The Bertz CT molecular complexity index is 798. The van der Waals surface area contributed by atoms with E-state index in [1.807, 2.05) is 0 Å². The zero-order valence-corrected chi connectivity index (χ0v) is 12.8. The maximum Gasteiger partial charge on any atom is 0.321 e. The van der Waals surface area contributed by atoms with Crippen LogP contribution in [-0.2, 0) is 9.59 Å². The van der Waals surface area contributed by atoms with Crippen molar-refractivity contribution in [2.75, 3.05) is 5.01 Å². The minimum absolute atomic E-state index is 0.304. The summed E-state index contributed by atoms with van der Waals surface area (Å²) in [6.07, 6.45) is 0. The molecular formula is C16H9BrN2O3. The van der Waals surface area contributed by atoms with Crippen molar-refractivity contribution >= 4 is 44.8 Å². The highest BCUT2D eigenvalue weighted by Gasteiger charge is 2.38. The van der Waals surface area contributed by atoms with Crippen LogP contribution in [0.2, 0.25) is 0 Å². The van der Waals surface area contributed by atoms with Gasteiger partial charge in [0.25, 0.3) is 5.78 Å². The quantitative estimate of drug-likeness (QED) is 0.627. The Kier molecular flexibility index (Phi) is 3.68. The summed E-state index contributed by atoms with van der Waals surface area (Å²) in [5.41, 5.74) is 0.383. The van der Waals surface area contributed by atoms with Gasteiger partial charge in [-0.15, -0.1) is 0 Å². The molecule has 108 valence electrons. The standard InChI is InChI=1S/C16H9BrN2O3/c17-11-8-6-10(7-9-11)14(20)13-15(21)16(22)19(18-13)12-4-2-1-3-5-12/h1-9H. The molecule has 0 bridgehead atoms. The molecule has 1 aliphatic rings. The molecule has 0 aromatic heterocycles. The van der Waals surface area contributed by atoms with Crippen LogP contribution in [0.15, 0.2) is 64.2 Å². The minimum Gasteiger partial charge on any atom is -0.287 e. The fourth-order valence-electron chi connectivity index (χ4n) is 2.02. The van der Waals surface area contributed by atoms with Crippen LogP contribution >= 0.6 is 15.9 Å². The Hall–Kier alpha value is -2.60. The summed E-state index contributed by atoms with van der Waals surface area (Å²) in [7, 11) is 0. The molecule has 1 aliphatic heterocycles. The first-order chi connectivity index (χ1) is 10.6. The molecule has 6 heteroatoms. The zero-order valence-electron chi connectivity index (χ0n) is 11.2. The zero-order chi connectivity index (χ0) is 15.7. The normalized spacial score (nSPS) is 14.2. The largest absolute Gasteiger partial charge is 0.321 e. The van der Waals surface area contributed by atoms with E-state index in [1.165, 1.54) is 0 Å². The van der Waals surface area contributed by atoms with Crippen LogP contribution in [0.1, 0.15) is 10.4 Å². The number of carbonyl (C=O) groups is 3. The van der Waals surface area contributed by atoms with Crippen molar-refractivity contribution in [1.82, 2.24) is 0 Å². The van der Waals surface area contributed by atoms with Gasteiger partial charge >= 0.3 is 5.91 Å². The van der Waals surface area contributed by atoms with Crippen LogP contribution in [0.4, 0.5) is 5.69 Å². The van der Waals surface area contributed by atoms with E-state index >= 15 is 0 Å². The summed E-state index contributed by atoms with van der Waals surface area (Å²) < 4.78 is 0.811. The van der Waals surface area contributed by atoms with Crippen molar-refractivity contribution in [3.8, 4) is 0 Å². The molecule has 0 fully saturated rings. The second-order valence-corrected chi connectivity index (χ2v) is 5.48. The summed E-state index contributed by atoms with van der Waals surface area (Å²) in [5.74, 6) is -2.28. The third-order valence-corrected chi connectivity index (χ3v) is 3.65. The van der Waals surface area contributed by atoms with Gasteiger partial charge in [-0.1, -0.05) is 34.1 Å². The Balaban J connectivity index is 1.96. The Labute approximate surface area is 134 Å². The Morgan fingerprint density at radius 3 is 2.23 bits per heavy atom. The monoisotopic (exact) mass is 356 g/mol. The van der Waals surface area contributed by atoms with Crippen LogP contribution in [-0.4, -0.2) is 23.2 Å². The molecule has 1 heterocycles. The lowest BCUT2D eigenvalue weighted by Gasteiger charge is -2.09. The number of amides is 1. The van der Waals surface area contributed by atoms with E-state index in [1.54, 1.807) is 54.6 Å². The van der Waals surface area contributed by atoms with Crippen LogP contribution in [0, 0.1) is 0 Å². The van der Waals surface area contributed by atoms with Crippen LogP contribution in [0.25, 0.3) is 0 Å². The lowest BCUT2D eigenvalue weighted by Crippen LogP contribution is -2.29. The summed E-state index contributed by atoms with van der Waals surface area (Å²) in [6.45, 7) is 0. The number of rotatable bonds is 3. The molecule has 22 heavy (non-hydrogen) atoms. The van der Waals surface area contributed by atoms with Gasteiger partial charge in [0, 0.05) is 10.0 Å². The summed E-state index contributed by atoms with van der Waals surface area (Å²) in [5, 5.41) is 4.86. The number of para-hydroxylation sites is 1. The Morgan fingerprint density at radius 1 is 0.955 bits per heavy atom. The highest BCUT2D eigenvalue weighted by atomic mass is 79.9. The maximum absolute atomic E-state index is 12.3. The first-order valence-corrected chi connectivity index (χ1v) is 7.20. The molecule has 2 aromatic carbocycles. The van der Waals surface area contributed by atoms with E-state index in [0.717, 1.165) is 9.48 Å². The van der Waals surface area contributed by atoms with Gasteiger partial charge in [-0.25, -0.2) is 0 Å². The van der Waals surface area contributed by atoms with Crippen molar-refractivity contribution in [3.63, 3.8) is 0 Å². The van der Waals surface area contributed by atoms with Crippen LogP contribution in [0.3, 0.4) is 0 Å². The van der Waals surface area contributed by atoms with Gasteiger partial charge in [0.05, 0.1) is 5.69 Å². The SMILES string of the molecule is O=C1C(=O)N(c2ccccc2)N=C1C(=O)c1ccc(Br)cc1. The molecular weight excluding hydrogens is 348 g/mol. The number of halogens is 1. The summed E-state index contributed by atoms with van der Waals surface area (Å²) in [6, 6.07) is 15.0. The van der Waals surface area contributed by atoms with Gasteiger partial charge in [0.15, 0.2) is 5.71 Å². The van der Waals surface area contributed by atoms with E-state index in [-0.39, 0.29) is 5.71 Å². The molecule has 0 spiro atoms. The summed E-state index contributed by atoms with van der Waals surface area (Å²) in [4.78, 5) is 36.4. The van der Waals surface area contributed by atoms with E-state index in [0.29, 0.717) is 11.3 Å². The van der Waals surface area contributed by atoms with Crippen LogP contribution < -0.4 is 5.01 Å². The van der Waals surface area contributed by atoms with Gasteiger partial charge in [-0.2, -0.15) is 10.1 Å². The number of anilines is 1. The van der Waals surface area contributed by atoms with Crippen molar-refractivity contribution in [1.29, 1.82) is 0 Å². The maximum atomic E-state index is 12.3. The van der Waals surface area contributed by atoms with Gasteiger partial charge in [0.1, 0.15) is 0 Å². The molecule has 0 radical (unpaired) electrons. The fraction of sp³-hybridized carbons (Fsp3) is 0. The molecule has 0 unspecified atom stereocenters. The smallest absolute Gasteiger partial charge is 0.287 e. The van der Waals surface area contributed by atoms with Crippen molar-refractivity contribution in [2.24, 2.45) is 5.10 Å². The first kappa shape index (κ1) is 14.3. The van der Waals surface area contributed by atoms with Gasteiger partial charge in [0.2, 0.25) is 5.78 Å². The summed E-state index contributed by atoms with van der Waals surface area (Å²) >= 11 is 3.27. The van der Waals surface area contributed by atoms with Gasteiger partial charge in [-0.3, -0.25) is 14.4 Å². The number of hydrogen-bond donors (Lipinski definition) is 0. The number of carbonyl (C=O) groups excluding carboxylic acids is 3. The average Bonchev–Trinajstić information content (AvgIpc) is 2.84. The van der Waals surface area contributed by atoms with E-state index in [9.17, 15) is 14.4 Å². The highest BCUT2D eigenvalue weighted by Crippen LogP contribution is 2.20. The second-order valence-electron chi connectivity index (χ2n) is 4.57. The lowest BCUT2D eigenvalue weighted by atomic mass is 10.0. The van der Waals surface area contributed by atoms with Crippen molar-refractivity contribution in [2.45, 2.75) is 0 Å². The third-order valence-electron chi connectivity index (χ3n) is 3.12. The van der Waals surface area contributed by atoms with Crippen molar-refractivity contribution in [3.05, 3.63) is 64.6 Å². The number of hydrazone groups is 1. The number of benzene rings is 2. The minimum atomic E-state index is -0.892. The molecule has 2 aromatic rings. The third kappa shape index (κ3) is 2.48. The predicted octanol–water partition coefficient (Wildman–Crippen LogP) is 2.60. The van der Waals surface area contributed by atoms with Crippen LogP contribution in [0.5, 0.6) is 0 Å². The van der Waals surface area contributed by atoms with Gasteiger partial charge in [-0.05, 0) is 36.4 Å². The second kappa shape index (κ2) is 5.65. The molecule has 3 rings (SSSR count).